The van der Waals surface area contributed by atoms with Crippen molar-refractivity contribution in [2.45, 2.75) is 5.03 Å². The predicted octanol–water partition coefficient (Wildman–Crippen LogP) is 3.81. The van der Waals surface area contributed by atoms with Crippen molar-refractivity contribution in [2.24, 2.45) is 7.05 Å². The van der Waals surface area contributed by atoms with E-state index in [1.54, 1.807) is 11.3 Å². The van der Waals surface area contributed by atoms with Crippen LogP contribution >= 0.6 is 11.3 Å². The zero-order chi connectivity index (χ0) is 13.2. The monoisotopic (exact) mass is 283 g/mol. The zero-order valence-corrected chi connectivity index (χ0v) is 12.2. The molecule has 0 N–H and O–H groups in total. The number of nitrogens with zero attached hydrogens (tertiary/aromatic N) is 1. The van der Waals surface area contributed by atoms with Crippen LogP contribution in [0.25, 0.3) is 21.0 Å². The molecule has 19 heavy (non-hydrogen) atoms. The van der Waals surface area contributed by atoms with Crippen molar-refractivity contribution >= 4 is 24.0 Å². The van der Waals surface area contributed by atoms with Gasteiger partial charge in [-0.3, -0.25) is 0 Å². The fourth-order valence-corrected chi connectivity index (χ4v) is 3.60. The molecule has 1 heterocycles. The number of benzene rings is 2. The van der Waals surface area contributed by atoms with Crippen molar-refractivity contribution in [3.05, 3.63) is 60.7 Å². The Hall–Kier alpha value is -1.71. The van der Waals surface area contributed by atoms with Crippen molar-refractivity contribution in [1.82, 2.24) is 0 Å². The summed E-state index contributed by atoms with van der Waals surface area (Å²) in [6.45, 7) is 0. The lowest BCUT2D eigenvalue weighted by Gasteiger charge is -2.02. The van der Waals surface area contributed by atoms with Crippen LogP contribution in [0.2, 0.25) is 0 Å². The van der Waals surface area contributed by atoms with Gasteiger partial charge in [0, 0.05) is 0 Å². The summed E-state index contributed by atoms with van der Waals surface area (Å²) in [6.07, 6.45) is 0. The Labute approximate surface area is 122 Å². The van der Waals surface area contributed by atoms with Crippen molar-refractivity contribution in [2.75, 3.05) is 0 Å². The van der Waals surface area contributed by atoms with Gasteiger partial charge < -0.3 is 12.6 Å². The quantitative estimate of drug-likeness (QED) is 0.511. The fraction of sp³-hybridized carbons (Fsp3) is 0.0625. The summed E-state index contributed by atoms with van der Waals surface area (Å²) >= 11 is 7.32. The second-order valence-corrected chi connectivity index (χ2v) is 5.72. The van der Waals surface area contributed by atoms with Gasteiger partial charge in [0.2, 0.25) is 0 Å². The minimum Gasteiger partial charge on any atom is -0.709 e. The first-order valence-electron chi connectivity index (χ1n) is 6.08. The third-order valence-corrected chi connectivity index (χ3v) is 5.00. The lowest BCUT2D eigenvalue weighted by molar-refractivity contribution is -0.692. The van der Waals surface area contributed by atoms with E-state index in [1.165, 1.54) is 16.1 Å². The van der Waals surface area contributed by atoms with Gasteiger partial charge in [0.05, 0.1) is 15.5 Å². The maximum absolute atomic E-state index is 5.57. The standard InChI is InChI=1S/C16H13NS2/c1-17-15(18)14(12-8-4-2-5-9-12)19-16(17)13-10-6-3-7-11-13/h2-11H,1H3. The summed E-state index contributed by atoms with van der Waals surface area (Å²) in [5.41, 5.74) is 2.40. The Kier molecular flexibility index (Phi) is 3.32. The number of thiazole rings is 1. The molecule has 0 aliphatic carbocycles. The van der Waals surface area contributed by atoms with Gasteiger partial charge in [-0.05, 0) is 17.7 Å². The highest BCUT2D eigenvalue weighted by molar-refractivity contribution is 7.59. The van der Waals surface area contributed by atoms with E-state index in [2.05, 4.69) is 41.0 Å². The van der Waals surface area contributed by atoms with Crippen LogP contribution in [-0.2, 0) is 19.7 Å². The molecule has 0 bridgehead atoms. The molecule has 3 rings (SSSR count). The van der Waals surface area contributed by atoms with E-state index in [9.17, 15) is 0 Å². The Balaban J connectivity index is 2.16. The third-order valence-electron chi connectivity index (χ3n) is 3.06. The highest BCUT2D eigenvalue weighted by atomic mass is 32.1. The molecule has 0 saturated heterocycles. The van der Waals surface area contributed by atoms with Gasteiger partial charge in [-0.1, -0.05) is 59.9 Å². The second kappa shape index (κ2) is 5.11. The maximum atomic E-state index is 5.57. The summed E-state index contributed by atoms with van der Waals surface area (Å²) in [7, 11) is 2.04. The molecule has 0 aliphatic heterocycles. The van der Waals surface area contributed by atoms with Gasteiger partial charge in [0.1, 0.15) is 7.05 Å². The average molecular weight is 283 g/mol. The molecule has 0 amide bonds. The van der Waals surface area contributed by atoms with E-state index in [4.69, 9.17) is 12.6 Å². The Morgan fingerprint density at radius 3 is 1.95 bits per heavy atom. The molecular weight excluding hydrogens is 270 g/mol. The first-order valence-corrected chi connectivity index (χ1v) is 7.30. The maximum Gasteiger partial charge on any atom is 0.268 e. The topological polar surface area (TPSA) is 3.88 Å². The van der Waals surface area contributed by atoms with Crippen LogP contribution in [0.3, 0.4) is 0 Å². The Morgan fingerprint density at radius 1 is 0.842 bits per heavy atom. The minimum absolute atomic E-state index is 0.898. The molecule has 1 nitrogen and oxygen atoms in total. The number of hydrogen-bond donors (Lipinski definition) is 0. The Bertz CT molecular complexity index is 628. The van der Waals surface area contributed by atoms with Crippen LogP contribution in [0, 0.1) is 0 Å². The summed E-state index contributed by atoms with van der Waals surface area (Å²) in [5, 5.41) is 2.10. The van der Waals surface area contributed by atoms with E-state index >= 15 is 0 Å². The molecule has 0 atom stereocenters. The van der Waals surface area contributed by atoms with Crippen molar-refractivity contribution < 1.29 is 4.57 Å². The first-order chi connectivity index (χ1) is 9.27. The normalized spacial score (nSPS) is 10.6. The molecule has 1 aromatic heterocycles. The van der Waals surface area contributed by atoms with E-state index in [1.807, 2.05) is 31.3 Å². The molecule has 3 heteroatoms. The average Bonchev–Trinajstić information content (AvgIpc) is 2.77. The van der Waals surface area contributed by atoms with E-state index < -0.39 is 0 Å². The Morgan fingerprint density at radius 2 is 1.37 bits per heavy atom. The summed E-state index contributed by atoms with van der Waals surface area (Å²) in [5.74, 6) is 0. The summed E-state index contributed by atoms with van der Waals surface area (Å²) in [4.78, 5) is 1.16. The van der Waals surface area contributed by atoms with Gasteiger partial charge in [-0.15, -0.1) is 0 Å². The zero-order valence-electron chi connectivity index (χ0n) is 10.5. The van der Waals surface area contributed by atoms with Crippen LogP contribution in [0.4, 0.5) is 0 Å². The van der Waals surface area contributed by atoms with Gasteiger partial charge in [-0.25, -0.2) is 4.57 Å². The van der Waals surface area contributed by atoms with Gasteiger partial charge >= 0.3 is 0 Å². The lowest BCUT2D eigenvalue weighted by atomic mass is 10.2. The molecule has 0 fully saturated rings. The van der Waals surface area contributed by atoms with Gasteiger partial charge in [0.15, 0.2) is 0 Å². The first kappa shape index (κ1) is 12.3. The molecule has 0 spiro atoms. The molecule has 3 aromatic rings. The third kappa shape index (κ3) is 2.27. The molecule has 0 radical (unpaired) electrons. The molecule has 0 unspecified atom stereocenters. The van der Waals surface area contributed by atoms with Gasteiger partial charge in [-0.2, -0.15) is 0 Å². The SMILES string of the molecule is C[n+]1c(-c2ccccc2)sc(-c2ccccc2)c1[S-]. The minimum atomic E-state index is 0.898. The molecule has 0 aliphatic rings. The molecule has 0 saturated carbocycles. The molecule has 2 aromatic carbocycles. The van der Waals surface area contributed by atoms with E-state index in [-0.39, 0.29) is 0 Å². The van der Waals surface area contributed by atoms with Crippen molar-refractivity contribution in [3.63, 3.8) is 0 Å². The number of hydrogen-bond acceptors (Lipinski definition) is 2. The van der Waals surface area contributed by atoms with Crippen LogP contribution in [0.1, 0.15) is 0 Å². The highest BCUT2D eigenvalue weighted by Gasteiger charge is 2.18. The highest BCUT2D eigenvalue weighted by Crippen LogP contribution is 2.33. The number of aromatic nitrogens is 1. The van der Waals surface area contributed by atoms with Crippen LogP contribution in [0.15, 0.2) is 65.7 Å². The smallest absolute Gasteiger partial charge is 0.268 e. The van der Waals surface area contributed by atoms with Gasteiger partial charge in [0.25, 0.3) is 5.01 Å². The molecule has 94 valence electrons. The largest absolute Gasteiger partial charge is 0.709 e. The summed E-state index contributed by atoms with van der Waals surface area (Å²) < 4.78 is 2.09. The van der Waals surface area contributed by atoms with Crippen LogP contribution in [-0.4, -0.2) is 0 Å². The predicted molar refractivity (Wildman–Crippen MR) is 82.0 cm³/mol. The van der Waals surface area contributed by atoms with Crippen LogP contribution < -0.4 is 4.57 Å². The van der Waals surface area contributed by atoms with Crippen molar-refractivity contribution in [1.29, 1.82) is 0 Å². The lowest BCUT2D eigenvalue weighted by Crippen LogP contribution is -2.30. The summed E-state index contributed by atoms with van der Waals surface area (Å²) in [6, 6.07) is 20.7. The van der Waals surface area contributed by atoms with Crippen molar-refractivity contribution in [3.8, 4) is 21.0 Å². The second-order valence-electron chi connectivity index (χ2n) is 4.33. The van der Waals surface area contributed by atoms with E-state index in [0.717, 1.165) is 9.90 Å². The molecular formula is C16H13NS2. The van der Waals surface area contributed by atoms with Crippen LogP contribution in [0.5, 0.6) is 0 Å². The van der Waals surface area contributed by atoms with E-state index in [0.29, 0.717) is 0 Å². The fourth-order valence-electron chi connectivity index (χ4n) is 2.06. The number of rotatable bonds is 2.